The van der Waals surface area contributed by atoms with Crippen molar-refractivity contribution in [1.82, 2.24) is 4.90 Å². The molecule has 1 fully saturated rings. The van der Waals surface area contributed by atoms with Crippen LogP contribution in [0.3, 0.4) is 0 Å². The van der Waals surface area contributed by atoms with E-state index in [-0.39, 0.29) is 5.91 Å². The summed E-state index contributed by atoms with van der Waals surface area (Å²) >= 11 is 0. The summed E-state index contributed by atoms with van der Waals surface area (Å²) in [6, 6.07) is 7.60. The number of benzene rings is 1. The lowest BCUT2D eigenvalue weighted by Crippen LogP contribution is -2.34. The van der Waals surface area contributed by atoms with Gasteiger partial charge in [0.15, 0.2) is 0 Å². The van der Waals surface area contributed by atoms with E-state index in [1.807, 2.05) is 29.2 Å². The molecule has 0 radical (unpaired) electrons. The van der Waals surface area contributed by atoms with Gasteiger partial charge in [-0.15, -0.1) is 0 Å². The largest absolute Gasteiger partial charge is 0.399 e. The number of anilines is 1. The van der Waals surface area contributed by atoms with Crippen LogP contribution in [-0.2, 0) is 11.2 Å². The molecule has 1 aromatic carbocycles. The van der Waals surface area contributed by atoms with Crippen LogP contribution in [0.15, 0.2) is 24.3 Å². The Morgan fingerprint density at radius 2 is 1.56 bits per heavy atom. The third-order valence-corrected chi connectivity index (χ3v) is 3.54. The molecule has 0 aromatic heterocycles. The average Bonchev–Trinajstić information content (AvgIpc) is 2.31. The second kappa shape index (κ2) is 6.43. The molecule has 98 valence electrons. The molecule has 18 heavy (non-hydrogen) atoms. The summed E-state index contributed by atoms with van der Waals surface area (Å²) in [5.74, 6) is 0.252. The van der Waals surface area contributed by atoms with E-state index < -0.39 is 0 Å². The van der Waals surface area contributed by atoms with Gasteiger partial charge in [0.2, 0.25) is 5.91 Å². The van der Waals surface area contributed by atoms with Gasteiger partial charge >= 0.3 is 0 Å². The van der Waals surface area contributed by atoms with E-state index >= 15 is 0 Å². The zero-order valence-electron chi connectivity index (χ0n) is 10.9. The fourth-order valence-corrected chi connectivity index (χ4v) is 2.42. The molecule has 0 aliphatic carbocycles. The summed E-state index contributed by atoms with van der Waals surface area (Å²) in [6.45, 7) is 1.85. The molecular formula is C15H22N2O. The molecule has 1 aliphatic heterocycles. The van der Waals surface area contributed by atoms with Crippen molar-refractivity contribution < 1.29 is 4.79 Å². The van der Waals surface area contributed by atoms with Crippen molar-refractivity contribution in [2.75, 3.05) is 18.8 Å². The maximum Gasteiger partial charge on any atom is 0.226 e. The lowest BCUT2D eigenvalue weighted by Gasteiger charge is -2.24. The first-order valence-electron chi connectivity index (χ1n) is 6.88. The lowest BCUT2D eigenvalue weighted by atomic mass is 10.1. The Hall–Kier alpha value is -1.51. The molecule has 1 saturated heterocycles. The fourth-order valence-electron chi connectivity index (χ4n) is 2.42. The quantitative estimate of drug-likeness (QED) is 0.815. The topological polar surface area (TPSA) is 46.3 Å². The molecule has 0 spiro atoms. The zero-order chi connectivity index (χ0) is 12.8. The Kier molecular flexibility index (Phi) is 4.62. The van der Waals surface area contributed by atoms with Gasteiger partial charge in [-0.1, -0.05) is 31.4 Å². The molecule has 0 atom stereocenters. The Labute approximate surface area is 109 Å². The molecule has 2 N–H and O–H groups in total. The van der Waals surface area contributed by atoms with Crippen LogP contribution in [0.5, 0.6) is 0 Å². The highest BCUT2D eigenvalue weighted by atomic mass is 16.2. The number of nitrogens with two attached hydrogens (primary N) is 1. The van der Waals surface area contributed by atoms with Crippen LogP contribution < -0.4 is 5.73 Å². The van der Waals surface area contributed by atoms with Crippen LogP contribution in [0, 0.1) is 0 Å². The van der Waals surface area contributed by atoms with Crippen molar-refractivity contribution in [3.05, 3.63) is 29.8 Å². The van der Waals surface area contributed by atoms with Gasteiger partial charge in [0, 0.05) is 18.8 Å². The second-order valence-electron chi connectivity index (χ2n) is 5.07. The van der Waals surface area contributed by atoms with Crippen LogP contribution >= 0.6 is 0 Å². The van der Waals surface area contributed by atoms with Crippen LogP contribution in [0.2, 0.25) is 0 Å². The van der Waals surface area contributed by atoms with Crippen molar-refractivity contribution in [3.63, 3.8) is 0 Å². The smallest absolute Gasteiger partial charge is 0.226 e. The first-order chi connectivity index (χ1) is 8.75. The van der Waals surface area contributed by atoms with E-state index in [0.717, 1.165) is 37.2 Å². The third kappa shape index (κ3) is 3.76. The highest BCUT2D eigenvalue weighted by Crippen LogP contribution is 2.13. The van der Waals surface area contributed by atoms with Crippen molar-refractivity contribution in [1.29, 1.82) is 0 Å². The number of nitrogens with zero attached hydrogens (tertiary/aromatic N) is 1. The molecule has 1 aliphatic rings. The predicted octanol–water partition coefficient (Wildman–Crippen LogP) is 2.60. The molecule has 1 amide bonds. The van der Waals surface area contributed by atoms with E-state index in [1.54, 1.807) is 0 Å². The number of hydrogen-bond acceptors (Lipinski definition) is 2. The highest BCUT2D eigenvalue weighted by Gasteiger charge is 2.14. The van der Waals surface area contributed by atoms with Gasteiger partial charge in [0.1, 0.15) is 0 Å². The normalized spacial score (nSPS) is 17.0. The van der Waals surface area contributed by atoms with Gasteiger partial charge in [0.05, 0.1) is 6.42 Å². The molecule has 1 heterocycles. The Morgan fingerprint density at radius 3 is 2.17 bits per heavy atom. The van der Waals surface area contributed by atoms with Crippen LogP contribution in [-0.4, -0.2) is 23.9 Å². The number of rotatable bonds is 2. The van der Waals surface area contributed by atoms with Gasteiger partial charge in [-0.05, 0) is 30.5 Å². The van der Waals surface area contributed by atoms with Crippen molar-refractivity contribution in [2.45, 2.75) is 38.5 Å². The molecule has 0 saturated carbocycles. The maximum atomic E-state index is 12.2. The number of carbonyl (C=O) groups is 1. The van der Waals surface area contributed by atoms with Gasteiger partial charge < -0.3 is 10.6 Å². The van der Waals surface area contributed by atoms with Crippen molar-refractivity contribution in [2.24, 2.45) is 0 Å². The number of carbonyl (C=O) groups excluding carboxylic acids is 1. The summed E-state index contributed by atoms with van der Waals surface area (Å²) in [7, 11) is 0. The Bertz CT molecular complexity index is 378. The summed E-state index contributed by atoms with van der Waals surface area (Å²) in [5, 5.41) is 0. The maximum absolute atomic E-state index is 12.2. The first-order valence-corrected chi connectivity index (χ1v) is 6.88. The third-order valence-electron chi connectivity index (χ3n) is 3.54. The molecule has 0 unspecified atom stereocenters. The molecule has 0 bridgehead atoms. The number of hydrogen-bond donors (Lipinski definition) is 1. The standard InChI is InChI=1S/C15H22N2O/c16-14-8-6-13(7-9-14)12-15(18)17-10-4-2-1-3-5-11-17/h6-9H,1-5,10-12,16H2. The van der Waals surface area contributed by atoms with E-state index in [0.29, 0.717) is 6.42 Å². The summed E-state index contributed by atoms with van der Waals surface area (Å²) in [5.41, 5.74) is 7.44. The second-order valence-corrected chi connectivity index (χ2v) is 5.07. The summed E-state index contributed by atoms with van der Waals surface area (Å²) in [6.07, 6.45) is 6.62. The monoisotopic (exact) mass is 246 g/mol. The summed E-state index contributed by atoms with van der Waals surface area (Å²) in [4.78, 5) is 14.2. The molecule has 2 rings (SSSR count). The minimum Gasteiger partial charge on any atom is -0.399 e. The van der Waals surface area contributed by atoms with Crippen molar-refractivity contribution in [3.8, 4) is 0 Å². The van der Waals surface area contributed by atoms with E-state index in [1.165, 1.54) is 19.3 Å². The SMILES string of the molecule is Nc1ccc(CC(=O)N2CCCCCCC2)cc1. The molecular weight excluding hydrogens is 224 g/mol. The van der Waals surface area contributed by atoms with Gasteiger partial charge in [-0.3, -0.25) is 4.79 Å². The van der Waals surface area contributed by atoms with E-state index in [4.69, 9.17) is 5.73 Å². The zero-order valence-corrected chi connectivity index (χ0v) is 10.9. The van der Waals surface area contributed by atoms with Gasteiger partial charge in [0.25, 0.3) is 0 Å². The highest BCUT2D eigenvalue weighted by molar-refractivity contribution is 5.78. The Balaban J connectivity index is 1.91. The molecule has 3 nitrogen and oxygen atoms in total. The fraction of sp³-hybridized carbons (Fsp3) is 0.533. The first kappa shape index (κ1) is 12.9. The minimum atomic E-state index is 0.252. The number of likely N-dealkylation sites (tertiary alicyclic amines) is 1. The molecule has 3 heteroatoms. The van der Waals surface area contributed by atoms with E-state index in [9.17, 15) is 4.79 Å². The van der Waals surface area contributed by atoms with Gasteiger partial charge in [-0.2, -0.15) is 0 Å². The number of nitrogen functional groups attached to an aromatic ring is 1. The van der Waals surface area contributed by atoms with Crippen LogP contribution in [0.1, 0.15) is 37.7 Å². The summed E-state index contributed by atoms with van der Waals surface area (Å²) < 4.78 is 0. The minimum absolute atomic E-state index is 0.252. The van der Waals surface area contributed by atoms with Crippen LogP contribution in [0.4, 0.5) is 5.69 Å². The Morgan fingerprint density at radius 1 is 1.00 bits per heavy atom. The number of amides is 1. The van der Waals surface area contributed by atoms with E-state index in [2.05, 4.69) is 0 Å². The average molecular weight is 246 g/mol. The van der Waals surface area contributed by atoms with Gasteiger partial charge in [-0.25, -0.2) is 0 Å². The predicted molar refractivity (Wildman–Crippen MR) is 74.2 cm³/mol. The lowest BCUT2D eigenvalue weighted by molar-refractivity contribution is -0.130. The molecule has 1 aromatic rings. The van der Waals surface area contributed by atoms with Crippen LogP contribution in [0.25, 0.3) is 0 Å². The van der Waals surface area contributed by atoms with Crippen molar-refractivity contribution >= 4 is 11.6 Å².